The van der Waals surface area contributed by atoms with E-state index in [0.29, 0.717) is 5.95 Å². The maximum absolute atomic E-state index is 9.66. The summed E-state index contributed by atoms with van der Waals surface area (Å²) < 4.78 is 5.22. The van der Waals surface area contributed by atoms with Gasteiger partial charge in [-0.3, -0.25) is 0 Å². The fraction of sp³-hybridized carbons (Fsp3) is 0.364. The number of hydrogen-bond acceptors (Lipinski definition) is 6. The lowest BCUT2D eigenvalue weighted by Crippen LogP contribution is -2.33. The number of benzene rings is 2. The van der Waals surface area contributed by atoms with Crippen LogP contribution in [-0.2, 0) is 6.42 Å². The molecule has 1 unspecified atom stereocenters. The van der Waals surface area contributed by atoms with Gasteiger partial charge < -0.3 is 20.1 Å². The highest BCUT2D eigenvalue weighted by Gasteiger charge is 2.26. The van der Waals surface area contributed by atoms with Crippen LogP contribution in [0.25, 0.3) is 10.9 Å². The van der Waals surface area contributed by atoms with Crippen molar-refractivity contribution in [2.75, 3.05) is 37.0 Å². The van der Waals surface area contributed by atoms with Crippen molar-refractivity contribution in [1.82, 2.24) is 9.97 Å². The second kappa shape index (κ2) is 8.44. The summed E-state index contributed by atoms with van der Waals surface area (Å²) in [6.45, 7) is 1.79. The minimum absolute atomic E-state index is 0.105. The number of aliphatic hydroxyl groups excluding tert-OH is 1. The molecule has 2 aromatic carbocycles. The molecule has 0 aliphatic carbocycles. The Bertz CT molecular complexity index is 929. The summed E-state index contributed by atoms with van der Waals surface area (Å²) in [5.41, 5.74) is 2.16. The van der Waals surface area contributed by atoms with E-state index in [0.717, 1.165) is 54.8 Å². The zero-order chi connectivity index (χ0) is 19.3. The minimum Gasteiger partial charge on any atom is -0.497 e. The fourth-order valence-electron chi connectivity index (χ4n) is 3.73. The van der Waals surface area contributed by atoms with Crippen LogP contribution in [-0.4, -0.2) is 47.9 Å². The summed E-state index contributed by atoms with van der Waals surface area (Å²) in [5.74, 6) is 2.41. The molecule has 4 rings (SSSR count). The summed E-state index contributed by atoms with van der Waals surface area (Å²) in [5, 5.41) is 14.2. The number of methoxy groups -OCH3 is 1. The van der Waals surface area contributed by atoms with E-state index in [1.807, 2.05) is 36.4 Å². The zero-order valence-corrected chi connectivity index (χ0v) is 16.1. The first-order chi connectivity index (χ1) is 13.8. The van der Waals surface area contributed by atoms with E-state index in [4.69, 9.17) is 14.7 Å². The molecule has 6 heteroatoms. The highest BCUT2D eigenvalue weighted by Crippen LogP contribution is 2.27. The maximum Gasteiger partial charge on any atom is 0.228 e. The molecule has 146 valence electrons. The first-order valence-electron chi connectivity index (χ1n) is 9.79. The highest BCUT2D eigenvalue weighted by molar-refractivity contribution is 5.90. The number of fused-ring (bicyclic) bond motifs is 1. The van der Waals surface area contributed by atoms with Gasteiger partial charge in [-0.15, -0.1) is 0 Å². The van der Waals surface area contributed by atoms with E-state index in [1.54, 1.807) is 7.11 Å². The van der Waals surface area contributed by atoms with E-state index < -0.39 is 0 Å². The van der Waals surface area contributed by atoms with Crippen LogP contribution in [0.5, 0.6) is 5.75 Å². The third-order valence-electron chi connectivity index (χ3n) is 5.30. The second-order valence-corrected chi connectivity index (χ2v) is 7.09. The molecule has 6 nitrogen and oxygen atoms in total. The van der Waals surface area contributed by atoms with Gasteiger partial charge in [-0.05, 0) is 49.1 Å². The largest absolute Gasteiger partial charge is 0.497 e. The Morgan fingerprint density at radius 1 is 1.14 bits per heavy atom. The van der Waals surface area contributed by atoms with Gasteiger partial charge in [0.1, 0.15) is 11.6 Å². The molecule has 0 spiro atoms. The molecular formula is C22H26N4O2. The summed E-state index contributed by atoms with van der Waals surface area (Å²) in [4.78, 5) is 11.7. The number of rotatable bonds is 7. The molecule has 1 atom stereocenters. The molecule has 0 saturated carbocycles. The summed E-state index contributed by atoms with van der Waals surface area (Å²) >= 11 is 0. The zero-order valence-electron chi connectivity index (χ0n) is 16.1. The van der Waals surface area contributed by atoms with Gasteiger partial charge in [-0.1, -0.05) is 24.3 Å². The van der Waals surface area contributed by atoms with Gasteiger partial charge in [0.15, 0.2) is 0 Å². The van der Waals surface area contributed by atoms with Crippen LogP contribution < -0.4 is 15.0 Å². The molecule has 0 amide bonds. The number of anilines is 2. The predicted octanol–water partition coefficient (Wildman–Crippen LogP) is 3.25. The normalized spacial score (nSPS) is 16.5. The third-order valence-corrected chi connectivity index (χ3v) is 5.30. The van der Waals surface area contributed by atoms with Gasteiger partial charge in [-0.2, -0.15) is 4.98 Å². The molecule has 1 aliphatic heterocycles. The first-order valence-corrected chi connectivity index (χ1v) is 9.79. The Morgan fingerprint density at radius 3 is 2.75 bits per heavy atom. The van der Waals surface area contributed by atoms with Crippen molar-refractivity contribution in [3.05, 3.63) is 54.1 Å². The molecule has 28 heavy (non-hydrogen) atoms. The Morgan fingerprint density at radius 2 is 1.96 bits per heavy atom. The third kappa shape index (κ3) is 3.87. The lowest BCUT2D eigenvalue weighted by atomic mass is 10.1. The topological polar surface area (TPSA) is 70.5 Å². The van der Waals surface area contributed by atoms with Gasteiger partial charge in [0.2, 0.25) is 5.95 Å². The molecule has 0 radical (unpaired) electrons. The van der Waals surface area contributed by atoms with Crippen LogP contribution in [0.1, 0.15) is 18.4 Å². The smallest absolute Gasteiger partial charge is 0.228 e. The number of hydrogen-bond donors (Lipinski definition) is 2. The first kappa shape index (κ1) is 18.5. The van der Waals surface area contributed by atoms with E-state index in [2.05, 4.69) is 22.3 Å². The SMILES string of the molecule is COc1ccc(CCNc2nc(N3CCCC3CO)nc3ccccc23)cc1. The Balaban J connectivity index is 1.54. The van der Waals surface area contributed by atoms with Crippen molar-refractivity contribution in [3.63, 3.8) is 0 Å². The fourth-order valence-corrected chi connectivity index (χ4v) is 3.73. The Hall–Kier alpha value is -2.86. The van der Waals surface area contributed by atoms with E-state index in [1.165, 1.54) is 5.56 Å². The van der Waals surface area contributed by atoms with Gasteiger partial charge in [0, 0.05) is 18.5 Å². The van der Waals surface area contributed by atoms with E-state index in [-0.39, 0.29) is 12.6 Å². The van der Waals surface area contributed by atoms with Gasteiger partial charge in [0.05, 0.1) is 25.3 Å². The molecular weight excluding hydrogens is 352 g/mol. The number of para-hydroxylation sites is 1. The minimum atomic E-state index is 0.105. The van der Waals surface area contributed by atoms with Crippen molar-refractivity contribution in [2.24, 2.45) is 0 Å². The van der Waals surface area contributed by atoms with Gasteiger partial charge in [-0.25, -0.2) is 4.98 Å². The molecule has 1 aliphatic rings. The lowest BCUT2D eigenvalue weighted by molar-refractivity contribution is 0.265. The average Bonchev–Trinajstić information content (AvgIpc) is 3.23. The van der Waals surface area contributed by atoms with Crippen LogP contribution in [0, 0.1) is 0 Å². The van der Waals surface area contributed by atoms with Crippen molar-refractivity contribution in [3.8, 4) is 5.75 Å². The highest BCUT2D eigenvalue weighted by atomic mass is 16.5. The quantitative estimate of drug-likeness (QED) is 0.658. The molecule has 0 bridgehead atoms. The summed E-state index contributed by atoms with van der Waals surface area (Å²) in [7, 11) is 1.68. The maximum atomic E-state index is 9.66. The molecule has 1 saturated heterocycles. The van der Waals surface area contributed by atoms with Crippen molar-refractivity contribution in [1.29, 1.82) is 0 Å². The average molecular weight is 378 g/mol. The summed E-state index contributed by atoms with van der Waals surface area (Å²) in [6, 6.07) is 16.3. The number of aromatic nitrogens is 2. The van der Waals surface area contributed by atoms with E-state index >= 15 is 0 Å². The predicted molar refractivity (Wildman–Crippen MR) is 112 cm³/mol. The van der Waals surface area contributed by atoms with Crippen molar-refractivity contribution < 1.29 is 9.84 Å². The molecule has 2 N–H and O–H groups in total. The van der Waals surface area contributed by atoms with Crippen LogP contribution in [0.3, 0.4) is 0 Å². The number of nitrogens with zero attached hydrogens (tertiary/aromatic N) is 3. The van der Waals surface area contributed by atoms with Crippen LogP contribution in [0.2, 0.25) is 0 Å². The lowest BCUT2D eigenvalue weighted by Gasteiger charge is -2.24. The standard InChI is InChI=1S/C22H26N4O2/c1-28-18-10-8-16(9-11-18)12-13-23-21-19-6-2-3-7-20(19)24-22(25-21)26-14-4-5-17(26)15-27/h2-3,6-11,17,27H,4-5,12-15H2,1H3,(H,23,24,25). The number of ether oxygens (including phenoxy) is 1. The van der Waals surface area contributed by atoms with Gasteiger partial charge >= 0.3 is 0 Å². The monoisotopic (exact) mass is 378 g/mol. The van der Waals surface area contributed by atoms with Crippen LogP contribution in [0.15, 0.2) is 48.5 Å². The number of nitrogens with one attached hydrogen (secondary N) is 1. The van der Waals surface area contributed by atoms with Crippen molar-refractivity contribution >= 4 is 22.7 Å². The molecule has 1 fully saturated rings. The van der Waals surface area contributed by atoms with E-state index in [9.17, 15) is 5.11 Å². The second-order valence-electron chi connectivity index (χ2n) is 7.09. The Labute approximate surface area is 165 Å². The van der Waals surface area contributed by atoms with Crippen molar-refractivity contribution in [2.45, 2.75) is 25.3 Å². The van der Waals surface area contributed by atoms with Gasteiger partial charge in [0.25, 0.3) is 0 Å². The Kier molecular flexibility index (Phi) is 5.58. The van der Waals surface area contributed by atoms with Crippen LogP contribution >= 0.6 is 0 Å². The molecule has 3 aromatic rings. The van der Waals surface area contributed by atoms with Crippen LogP contribution in [0.4, 0.5) is 11.8 Å². The molecule has 2 heterocycles. The number of aliphatic hydroxyl groups is 1. The summed E-state index contributed by atoms with van der Waals surface area (Å²) in [6.07, 6.45) is 2.93. The molecule has 1 aromatic heterocycles.